The molecular weight excluding hydrogens is 336 g/mol. The Morgan fingerprint density at radius 2 is 1.89 bits per heavy atom. The second kappa shape index (κ2) is 11.4. The van der Waals surface area contributed by atoms with Gasteiger partial charge >= 0.3 is 5.97 Å². The summed E-state index contributed by atoms with van der Waals surface area (Å²) in [4.78, 5) is 10.7. The molecule has 0 amide bonds. The molecule has 0 spiro atoms. The summed E-state index contributed by atoms with van der Waals surface area (Å²) in [5.74, 6) is -0.000333. The van der Waals surface area contributed by atoms with Gasteiger partial charge in [-0.25, -0.2) is 4.79 Å². The molecule has 1 heterocycles. The standard InChI is InChI=1S/C24H32O3/c1-3-4-5-6-7-8-9-10-20-13-14-23-22(16-20)17-21(18-27-23)12-11-19(2)15-24(25)26/h11-17H,3-10,18H2,1-2H3,(H,25,26)/b12-11+,19-15+. The molecule has 1 aliphatic rings. The van der Waals surface area contributed by atoms with Crippen LogP contribution in [0.25, 0.3) is 6.08 Å². The van der Waals surface area contributed by atoms with E-state index in [1.165, 1.54) is 56.6 Å². The molecule has 1 N–H and O–H groups in total. The number of carboxylic acid groups (broad SMARTS) is 1. The van der Waals surface area contributed by atoms with Crippen LogP contribution in [0.4, 0.5) is 0 Å². The van der Waals surface area contributed by atoms with Gasteiger partial charge < -0.3 is 9.84 Å². The average molecular weight is 369 g/mol. The van der Waals surface area contributed by atoms with Gasteiger partial charge in [-0.1, -0.05) is 63.7 Å². The first-order valence-electron chi connectivity index (χ1n) is 10.1. The molecule has 0 aromatic heterocycles. The van der Waals surface area contributed by atoms with E-state index < -0.39 is 5.97 Å². The number of aliphatic carboxylic acids is 1. The van der Waals surface area contributed by atoms with Crippen molar-refractivity contribution in [1.29, 1.82) is 0 Å². The van der Waals surface area contributed by atoms with Crippen molar-refractivity contribution in [3.63, 3.8) is 0 Å². The molecule has 0 aliphatic carbocycles. The first kappa shape index (κ1) is 21.0. The van der Waals surface area contributed by atoms with Gasteiger partial charge in [-0.05, 0) is 54.7 Å². The Balaban J connectivity index is 1.89. The van der Waals surface area contributed by atoms with Crippen LogP contribution in [-0.4, -0.2) is 17.7 Å². The third kappa shape index (κ3) is 7.86. The number of hydrogen-bond acceptors (Lipinski definition) is 2. The van der Waals surface area contributed by atoms with Crippen LogP contribution < -0.4 is 4.74 Å². The van der Waals surface area contributed by atoms with Crippen LogP contribution in [0, 0.1) is 0 Å². The van der Waals surface area contributed by atoms with Crippen molar-refractivity contribution < 1.29 is 14.6 Å². The quantitative estimate of drug-likeness (QED) is 0.281. The molecular formula is C24H32O3. The van der Waals surface area contributed by atoms with E-state index in [-0.39, 0.29) is 0 Å². The van der Waals surface area contributed by atoms with Crippen molar-refractivity contribution >= 4 is 12.0 Å². The number of benzene rings is 1. The number of carbonyl (C=O) groups is 1. The minimum atomic E-state index is -0.925. The summed E-state index contributed by atoms with van der Waals surface area (Å²) in [6.07, 6.45) is 17.5. The van der Waals surface area contributed by atoms with Crippen molar-refractivity contribution in [1.82, 2.24) is 0 Å². The summed E-state index contributed by atoms with van der Waals surface area (Å²) >= 11 is 0. The minimum Gasteiger partial charge on any atom is -0.488 e. The van der Waals surface area contributed by atoms with Crippen LogP contribution in [0.3, 0.4) is 0 Å². The molecule has 0 atom stereocenters. The zero-order chi connectivity index (χ0) is 19.5. The molecule has 0 unspecified atom stereocenters. The molecule has 3 nitrogen and oxygen atoms in total. The highest BCUT2D eigenvalue weighted by Crippen LogP contribution is 2.28. The lowest BCUT2D eigenvalue weighted by Gasteiger charge is -2.17. The smallest absolute Gasteiger partial charge is 0.328 e. The zero-order valence-corrected chi connectivity index (χ0v) is 16.7. The van der Waals surface area contributed by atoms with Crippen LogP contribution in [0.15, 0.2) is 47.6 Å². The molecule has 1 aromatic rings. The molecule has 0 saturated carbocycles. The van der Waals surface area contributed by atoms with Gasteiger partial charge in [0.05, 0.1) is 0 Å². The van der Waals surface area contributed by atoms with E-state index >= 15 is 0 Å². The van der Waals surface area contributed by atoms with Crippen molar-refractivity contribution in [2.24, 2.45) is 0 Å². The molecule has 146 valence electrons. The molecule has 0 radical (unpaired) electrons. The van der Waals surface area contributed by atoms with Crippen LogP contribution >= 0.6 is 0 Å². The number of rotatable bonds is 11. The van der Waals surface area contributed by atoms with Gasteiger partial charge in [-0.3, -0.25) is 0 Å². The van der Waals surface area contributed by atoms with Crippen LogP contribution in [0.5, 0.6) is 5.75 Å². The van der Waals surface area contributed by atoms with Crippen LogP contribution in [0.1, 0.15) is 69.9 Å². The number of unbranched alkanes of at least 4 members (excludes halogenated alkanes) is 6. The summed E-state index contributed by atoms with van der Waals surface area (Å²) < 4.78 is 5.83. The number of allylic oxidation sites excluding steroid dienone is 2. The predicted molar refractivity (Wildman–Crippen MR) is 112 cm³/mol. The van der Waals surface area contributed by atoms with Crippen molar-refractivity contribution in [3.8, 4) is 5.75 Å². The molecule has 1 aromatic carbocycles. The number of hydrogen-bond donors (Lipinski definition) is 1. The van der Waals surface area contributed by atoms with E-state index in [9.17, 15) is 4.79 Å². The van der Waals surface area contributed by atoms with Gasteiger partial charge in [0.25, 0.3) is 0 Å². The SMILES string of the molecule is CCCCCCCCCc1ccc2c(c1)C=C(/C=C/C(C)=C/C(=O)O)CO2. The summed E-state index contributed by atoms with van der Waals surface area (Å²) in [5, 5.41) is 8.77. The fourth-order valence-corrected chi connectivity index (χ4v) is 3.26. The summed E-state index contributed by atoms with van der Waals surface area (Å²) in [7, 11) is 0. The number of carboxylic acids is 1. The number of fused-ring (bicyclic) bond motifs is 1. The van der Waals surface area contributed by atoms with Gasteiger partial charge in [0.2, 0.25) is 0 Å². The Bertz CT molecular complexity index is 710. The Hall–Kier alpha value is -2.29. The monoisotopic (exact) mass is 368 g/mol. The number of aryl methyl sites for hydroxylation is 1. The Morgan fingerprint density at radius 3 is 2.63 bits per heavy atom. The third-order valence-electron chi connectivity index (χ3n) is 4.79. The summed E-state index contributed by atoms with van der Waals surface area (Å²) in [6.45, 7) is 4.55. The molecule has 0 saturated heterocycles. The Labute approximate surface area is 163 Å². The maximum Gasteiger partial charge on any atom is 0.328 e. The van der Waals surface area contributed by atoms with E-state index in [0.717, 1.165) is 23.3 Å². The van der Waals surface area contributed by atoms with E-state index in [4.69, 9.17) is 9.84 Å². The Morgan fingerprint density at radius 1 is 1.15 bits per heavy atom. The van der Waals surface area contributed by atoms with Crippen LogP contribution in [-0.2, 0) is 11.2 Å². The summed E-state index contributed by atoms with van der Waals surface area (Å²) in [5.41, 5.74) is 4.23. The molecule has 27 heavy (non-hydrogen) atoms. The highest BCUT2D eigenvalue weighted by Gasteiger charge is 2.10. The van der Waals surface area contributed by atoms with Crippen LogP contribution in [0.2, 0.25) is 0 Å². The van der Waals surface area contributed by atoms with Gasteiger partial charge in [-0.2, -0.15) is 0 Å². The lowest BCUT2D eigenvalue weighted by Crippen LogP contribution is -2.06. The second-order valence-electron chi connectivity index (χ2n) is 7.31. The Kier molecular flexibility index (Phi) is 8.90. The first-order valence-corrected chi connectivity index (χ1v) is 10.1. The largest absolute Gasteiger partial charge is 0.488 e. The summed E-state index contributed by atoms with van der Waals surface area (Å²) in [6, 6.07) is 6.46. The topological polar surface area (TPSA) is 46.5 Å². The average Bonchev–Trinajstić information content (AvgIpc) is 2.65. The van der Waals surface area contributed by atoms with E-state index in [1.807, 2.05) is 12.2 Å². The minimum absolute atomic E-state index is 0.515. The first-order chi connectivity index (χ1) is 13.1. The third-order valence-corrected chi connectivity index (χ3v) is 4.79. The fraction of sp³-hybridized carbons (Fsp3) is 0.458. The maximum atomic E-state index is 10.7. The van der Waals surface area contributed by atoms with Crippen molar-refractivity contribution in [2.75, 3.05) is 6.61 Å². The predicted octanol–water partition coefficient (Wildman–Crippen LogP) is 6.34. The van der Waals surface area contributed by atoms with Gasteiger partial charge in [0.1, 0.15) is 12.4 Å². The van der Waals surface area contributed by atoms with Crippen molar-refractivity contribution in [3.05, 3.63) is 58.7 Å². The molecule has 1 aliphatic heterocycles. The normalized spacial score (nSPS) is 14.0. The lowest BCUT2D eigenvalue weighted by atomic mass is 10.00. The number of ether oxygens (including phenoxy) is 1. The van der Waals surface area contributed by atoms with E-state index in [0.29, 0.717) is 12.2 Å². The molecule has 0 fully saturated rings. The fourth-order valence-electron chi connectivity index (χ4n) is 3.26. The van der Waals surface area contributed by atoms with Gasteiger partial charge in [-0.15, -0.1) is 0 Å². The molecule has 0 bridgehead atoms. The second-order valence-corrected chi connectivity index (χ2v) is 7.31. The molecule has 2 rings (SSSR count). The van der Waals surface area contributed by atoms with E-state index in [2.05, 4.69) is 31.2 Å². The van der Waals surface area contributed by atoms with E-state index in [1.54, 1.807) is 6.92 Å². The molecule has 3 heteroatoms. The maximum absolute atomic E-state index is 10.7. The van der Waals surface area contributed by atoms with Gasteiger partial charge in [0.15, 0.2) is 0 Å². The highest BCUT2D eigenvalue weighted by molar-refractivity contribution is 5.81. The van der Waals surface area contributed by atoms with Gasteiger partial charge in [0, 0.05) is 11.6 Å². The lowest BCUT2D eigenvalue weighted by molar-refractivity contribution is -0.131. The highest BCUT2D eigenvalue weighted by atomic mass is 16.5. The van der Waals surface area contributed by atoms with Crippen molar-refractivity contribution in [2.45, 2.75) is 65.2 Å². The zero-order valence-electron chi connectivity index (χ0n) is 16.7.